The van der Waals surface area contributed by atoms with E-state index in [2.05, 4.69) is 0 Å². The number of amides is 2. The number of carbonyl (C=O) groups is 3. The molecule has 2 fully saturated rings. The normalized spacial score (nSPS) is 31.4. The fourth-order valence-electron chi connectivity index (χ4n) is 2.91. The molecule has 1 aliphatic carbocycles. The van der Waals surface area contributed by atoms with Crippen LogP contribution in [0.2, 0.25) is 0 Å². The Morgan fingerprint density at radius 1 is 1.35 bits per heavy atom. The quantitative estimate of drug-likeness (QED) is 0.739. The lowest BCUT2D eigenvalue weighted by atomic mass is 10.0. The summed E-state index contributed by atoms with van der Waals surface area (Å²) < 4.78 is 0. The predicted molar refractivity (Wildman–Crippen MR) is 58.9 cm³/mol. The third-order valence-electron chi connectivity index (χ3n) is 3.99. The van der Waals surface area contributed by atoms with Gasteiger partial charge in [0.05, 0.1) is 11.8 Å². The average molecular weight is 239 g/mol. The topological polar surface area (TPSA) is 74.7 Å². The largest absolute Gasteiger partial charge is 0.480 e. The Hall–Kier alpha value is -1.39. The number of piperidine rings is 1. The molecule has 1 saturated carbocycles. The third-order valence-corrected chi connectivity index (χ3v) is 3.99. The highest BCUT2D eigenvalue weighted by molar-refractivity contribution is 6.12. The summed E-state index contributed by atoms with van der Waals surface area (Å²) in [7, 11) is 0. The molecule has 0 radical (unpaired) electrons. The van der Waals surface area contributed by atoms with Crippen molar-refractivity contribution in [1.29, 1.82) is 0 Å². The molecule has 2 aliphatic rings. The second kappa shape index (κ2) is 3.55. The molecule has 1 heterocycles. The Balaban J connectivity index is 2.22. The fraction of sp³-hybridized carbons (Fsp3) is 0.750. The van der Waals surface area contributed by atoms with Crippen molar-refractivity contribution in [3.8, 4) is 0 Å². The van der Waals surface area contributed by atoms with Gasteiger partial charge >= 0.3 is 5.97 Å². The number of rotatable bonds is 4. The van der Waals surface area contributed by atoms with Gasteiger partial charge in [-0.3, -0.25) is 14.5 Å². The monoisotopic (exact) mass is 239 g/mol. The predicted octanol–water partition coefficient (Wildman–Crippen LogP) is 0.881. The number of aliphatic carboxylic acids is 1. The van der Waals surface area contributed by atoms with Crippen molar-refractivity contribution in [3.05, 3.63) is 0 Å². The van der Waals surface area contributed by atoms with Gasteiger partial charge in [0.15, 0.2) is 0 Å². The SMILES string of the molecule is CCCC(C(=O)O)N1C(=O)C2C(C1=O)C2(C)C. The Labute approximate surface area is 99.8 Å². The van der Waals surface area contributed by atoms with Crippen molar-refractivity contribution in [2.75, 3.05) is 0 Å². The number of hydrogen-bond donors (Lipinski definition) is 1. The van der Waals surface area contributed by atoms with Crippen molar-refractivity contribution < 1.29 is 19.5 Å². The van der Waals surface area contributed by atoms with Crippen molar-refractivity contribution in [1.82, 2.24) is 4.90 Å². The standard InChI is InChI=1S/C12H17NO4/c1-4-5-6(11(16)17)13-9(14)7-8(10(13)15)12(7,2)3/h6-8H,4-5H2,1-3H3,(H,16,17). The van der Waals surface area contributed by atoms with Crippen LogP contribution in [0.25, 0.3) is 0 Å². The third kappa shape index (κ3) is 1.48. The van der Waals surface area contributed by atoms with Crippen molar-refractivity contribution in [3.63, 3.8) is 0 Å². The number of hydrogen-bond acceptors (Lipinski definition) is 3. The molecule has 5 nitrogen and oxygen atoms in total. The minimum absolute atomic E-state index is 0.278. The summed E-state index contributed by atoms with van der Waals surface area (Å²) in [5.41, 5.74) is -0.278. The van der Waals surface area contributed by atoms with Gasteiger partial charge in [0.1, 0.15) is 6.04 Å². The van der Waals surface area contributed by atoms with Crippen LogP contribution in [0, 0.1) is 17.3 Å². The highest BCUT2D eigenvalue weighted by Crippen LogP contribution is 2.63. The van der Waals surface area contributed by atoms with E-state index >= 15 is 0 Å². The number of fused-ring (bicyclic) bond motifs is 1. The van der Waals surface area contributed by atoms with Gasteiger partial charge in [0, 0.05) is 0 Å². The van der Waals surface area contributed by atoms with Crippen LogP contribution < -0.4 is 0 Å². The van der Waals surface area contributed by atoms with Gasteiger partial charge in [-0.2, -0.15) is 0 Å². The number of nitrogens with zero attached hydrogens (tertiary/aromatic N) is 1. The van der Waals surface area contributed by atoms with E-state index in [1.807, 2.05) is 20.8 Å². The molecule has 1 N–H and O–H groups in total. The molecular weight excluding hydrogens is 222 g/mol. The average Bonchev–Trinajstić information content (AvgIpc) is 2.67. The molecule has 2 rings (SSSR count). The van der Waals surface area contributed by atoms with Gasteiger partial charge in [-0.15, -0.1) is 0 Å². The van der Waals surface area contributed by atoms with Gasteiger partial charge in [-0.25, -0.2) is 4.79 Å². The molecule has 1 saturated heterocycles. The molecule has 0 aromatic carbocycles. The van der Waals surface area contributed by atoms with Gasteiger partial charge in [-0.05, 0) is 11.8 Å². The first-order valence-electron chi connectivity index (χ1n) is 5.93. The number of carbonyl (C=O) groups excluding carboxylic acids is 2. The second-order valence-electron chi connectivity index (χ2n) is 5.47. The van der Waals surface area contributed by atoms with E-state index in [9.17, 15) is 14.4 Å². The molecule has 3 unspecified atom stereocenters. The van der Waals surface area contributed by atoms with Gasteiger partial charge < -0.3 is 5.11 Å². The Bertz CT molecular complexity index is 377. The van der Waals surface area contributed by atoms with Crippen molar-refractivity contribution >= 4 is 17.8 Å². The van der Waals surface area contributed by atoms with E-state index in [1.54, 1.807) is 0 Å². The first-order valence-corrected chi connectivity index (χ1v) is 5.93. The number of carboxylic acids is 1. The van der Waals surface area contributed by atoms with Gasteiger partial charge in [0.25, 0.3) is 0 Å². The van der Waals surface area contributed by atoms with Crippen LogP contribution in [0.3, 0.4) is 0 Å². The molecule has 0 spiro atoms. The maximum Gasteiger partial charge on any atom is 0.326 e. The van der Waals surface area contributed by atoms with Crippen molar-refractivity contribution in [2.45, 2.75) is 39.7 Å². The zero-order chi connectivity index (χ0) is 13.0. The van der Waals surface area contributed by atoms with Gasteiger partial charge in [0.2, 0.25) is 11.8 Å². The fourth-order valence-corrected chi connectivity index (χ4v) is 2.91. The Morgan fingerprint density at radius 2 is 1.82 bits per heavy atom. The maximum absolute atomic E-state index is 12.0. The van der Waals surface area contributed by atoms with Crippen LogP contribution in [0.4, 0.5) is 0 Å². The summed E-state index contributed by atoms with van der Waals surface area (Å²) in [6.45, 7) is 5.60. The Kier molecular flexibility index (Phi) is 2.52. The minimum atomic E-state index is -1.09. The molecule has 0 aromatic heterocycles. The lowest BCUT2D eigenvalue weighted by molar-refractivity contribution is -0.157. The zero-order valence-corrected chi connectivity index (χ0v) is 10.3. The van der Waals surface area contributed by atoms with E-state index in [0.717, 1.165) is 4.90 Å². The van der Waals surface area contributed by atoms with Crippen LogP contribution in [-0.2, 0) is 14.4 Å². The van der Waals surface area contributed by atoms with E-state index in [-0.39, 0.29) is 29.1 Å². The molecule has 3 atom stereocenters. The number of imide groups is 1. The molecule has 17 heavy (non-hydrogen) atoms. The molecule has 2 amide bonds. The second-order valence-corrected chi connectivity index (χ2v) is 5.47. The summed E-state index contributed by atoms with van der Waals surface area (Å²) in [4.78, 5) is 36.2. The molecule has 1 aliphatic heterocycles. The summed E-state index contributed by atoms with van der Waals surface area (Å²) in [6.07, 6.45) is 0.958. The van der Waals surface area contributed by atoms with E-state index < -0.39 is 12.0 Å². The van der Waals surface area contributed by atoms with Crippen LogP contribution in [0.5, 0.6) is 0 Å². The van der Waals surface area contributed by atoms with E-state index in [0.29, 0.717) is 12.8 Å². The van der Waals surface area contributed by atoms with Crippen LogP contribution >= 0.6 is 0 Å². The van der Waals surface area contributed by atoms with Crippen molar-refractivity contribution in [2.24, 2.45) is 17.3 Å². The van der Waals surface area contributed by atoms with Gasteiger partial charge in [-0.1, -0.05) is 27.2 Å². The Morgan fingerprint density at radius 3 is 2.18 bits per heavy atom. The zero-order valence-electron chi connectivity index (χ0n) is 10.3. The first-order chi connectivity index (χ1) is 7.84. The highest BCUT2D eigenvalue weighted by atomic mass is 16.4. The van der Waals surface area contributed by atoms with Crippen LogP contribution in [-0.4, -0.2) is 33.8 Å². The number of carboxylic acid groups (broad SMARTS) is 1. The van der Waals surface area contributed by atoms with E-state index in [4.69, 9.17) is 5.11 Å². The smallest absolute Gasteiger partial charge is 0.326 e. The summed E-state index contributed by atoms with van der Waals surface area (Å²) in [5, 5.41) is 9.09. The molecule has 5 heteroatoms. The number of likely N-dealkylation sites (tertiary alicyclic amines) is 1. The van der Waals surface area contributed by atoms with E-state index in [1.165, 1.54) is 0 Å². The summed E-state index contributed by atoms with van der Waals surface area (Å²) >= 11 is 0. The lowest BCUT2D eigenvalue weighted by Gasteiger charge is -2.26. The summed E-state index contributed by atoms with van der Waals surface area (Å²) in [6, 6.07) is -0.983. The lowest BCUT2D eigenvalue weighted by Crippen LogP contribution is -2.47. The summed E-state index contributed by atoms with van der Waals surface area (Å²) in [5.74, 6) is -2.29. The highest BCUT2D eigenvalue weighted by Gasteiger charge is 2.73. The minimum Gasteiger partial charge on any atom is -0.480 e. The van der Waals surface area contributed by atoms with Crippen LogP contribution in [0.15, 0.2) is 0 Å². The molecule has 0 bridgehead atoms. The van der Waals surface area contributed by atoms with Crippen LogP contribution in [0.1, 0.15) is 33.6 Å². The molecule has 0 aromatic rings. The maximum atomic E-state index is 12.0. The first kappa shape index (κ1) is 12.1. The molecular formula is C12H17NO4. The molecule has 94 valence electrons.